The van der Waals surface area contributed by atoms with E-state index in [1.807, 2.05) is 24.3 Å². The van der Waals surface area contributed by atoms with Crippen molar-refractivity contribution in [3.63, 3.8) is 0 Å². The Bertz CT molecular complexity index is 613. The van der Waals surface area contributed by atoms with Gasteiger partial charge in [-0.25, -0.2) is 0 Å². The lowest BCUT2D eigenvalue weighted by Crippen LogP contribution is -2.04. The van der Waals surface area contributed by atoms with E-state index in [0.717, 1.165) is 29.6 Å². The number of para-hydroxylation sites is 1. The second-order valence-corrected chi connectivity index (χ2v) is 5.37. The number of nitrogens with one attached hydrogen (secondary N) is 1. The number of nitrogens with zero attached hydrogens (tertiary/aromatic N) is 2. The van der Waals surface area contributed by atoms with E-state index in [9.17, 15) is 5.26 Å². The summed E-state index contributed by atoms with van der Waals surface area (Å²) >= 11 is 0. The minimum Gasteiger partial charge on any atom is -0.383 e. The number of fused-ring (bicyclic) bond motifs is 1. The molecule has 0 aliphatic carbocycles. The van der Waals surface area contributed by atoms with Gasteiger partial charge in [-0.2, -0.15) is 5.26 Å². The zero-order chi connectivity index (χ0) is 14.9. The summed E-state index contributed by atoms with van der Waals surface area (Å²) < 4.78 is 0. The molecule has 2 aromatic rings. The van der Waals surface area contributed by atoms with Crippen LogP contribution in [0.25, 0.3) is 10.9 Å². The molecule has 1 N–H and O–H groups in total. The van der Waals surface area contributed by atoms with Crippen LogP contribution in [0.15, 0.2) is 30.5 Å². The van der Waals surface area contributed by atoms with E-state index in [1.165, 1.54) is 32.1 Å². The fourth-order valence-electron chi connectivity index (χ4n) is 2.54. The first-order valence-electron chi connectivity index (χ1n) is 7.88. The van der Waals surface area contributed by atoms with Crippen molar-refractivity contribution in [3.8, 4) is 6.07 Å². The topological polar surface area (TPSA) is 48.7 Å². The van der Waals surface area contributed by atoms with E-state index >= 15 is 0 Å². The van der Waals surface area contributed by atoms with E-state index in [-0.39, 0.29) is 0 Å². The first-order valence-corrected chi connectivity index (χ1v) is 7.88. The number of aromatic nitrogens is 1. The molecule has 0 aliphatic rings. The third-order valence-electron chi connectivity index (χ3n) is 3.73. The summed E-state index contributed by atoms with van der Waals surface area (Å²) in [6, 6.07) is 10.2. The van der Waals surface area contributed by atoms with Gasteiger partial charge in [-0.15, -0.1) is 0 Å². The maximum absolute atomic E-state index is 9.25. The zero-order valence-electron chi connectivity index (χ0n) is 12.7. The van der Waals surface area contributed by atoms with Gasteiger partial charge >= 0.3 is 0 Å². The Morgan fingerprint density at radius 1 is 1.10 bits per heavy atom. The molecule has 1 aromatic heterocycles. The van der Waals surface area contributed by atoms with Crippen molar-refractivity contribution in [2.24, 2.45) is 0 Å². The standard InChI is InChI=1S/C18H23N3/c1-2-3-4-5-6-9-12-20-18-15(13-19)14-21-17-11-8-7-10-16(17)18/h7-8,10-11,14H,2-6,9,12H2,1H3,(H,20,21). The van der Waals surface area contributed by atoms with Crippen LogP contribution in [0.2, 0.25) is 0 Å². The average molecular weight is 281 g/mol. The summed E-state index contributed by atoms with van der Waals surface area (Å²) in [7, 11) is 0. The lowest BCUT2D eigenvalue weighted by atomic mass is 10.1. The van der Waals surface area contributed by atoms with Crippen molar-refractivity contribution in [2.45, 2.75) is 45.4 Å². The van der Waals surface area contributed by atoms with Crippen LogP contribution >= 0.6 is 0 Å². The quantitative estimate of drug-likeness (QED) is 0.702. The summed E-state index contributed by atoms with van der Waals surface area (Å²) in [6.45, 7) is 3.15. The fourth-order valence-corrected chi connectivity index (χ4v) is 2.54. The van der Waals surface area contributed by atoms with E-state index in [2.05, 4.69) is 23.3 Å². The zero-order valence-corrected chi connectivity index (χ0v) is 12.7. The molecule has 0 saturated carbocycles. The molecule has 0 spiro atoms. The number of anilines is 1. The summed E-state index contributed by atoms with van der Waals surface area (Å²) in [6.07, 6.45) is 9.30. The molecule has 110 valence electrons. The molecule has 0 aliphatic heterocycles. The van der Waals surface area contributed by atoms with Crippen molar-refractivity contribution in [2.75, 3.05) is 11.9 Å². The minimum absolute atomic E-state index is 0.625. The largest absolute Gasteiger partial charge is 0.383 e. The second kappa shape index (κ2) is 8.26. The Balaban J connectivity index is 1.96. The first-order chi connectivity index (χ1) is 10.4. The Kier molecular flexibility index (Phi) is 6.02. The third kappa shape index (κ3) is 4.19. The van der Waals surface area contributed by atoms with Crippen LogP contribution in [-0.2, 0) is 0 Å². The van der Waals surface area contributed by atoms with Gasteiger partial charge in [-0.3, -0.25) is 4.98 Å². The summed E-state index contributed by atoms with van der Waals surface area (Å²) in [5.74, 6) is 0. The van der Waals surface area contributed by atoms with E-state index < -0.39 is 0 Å². The number of hydrogen-bond donors (Lipinski definition) is 1. The number of pyridine rings is 1. The van der Waals surface area contributed by atoms with Gasteiger partial charge in [0.05, 0.1) is 16.8 Å². The smallest absolute Gasteiger partial charge is 0.103 e. The number of nitriles is 1. The van der Waals surface area contributed by atoms with Crippen molar-refractivity contribution in [1.29, 1.82) is 5.26 Å². The number of rotatable bonds is 8. The SMILES string of the molecule is CCCCCCCCNc1c(C#N)cnc2ccccc12. The lowest BCUT2D eigenvalue weighted by molar-refractivity contribution is 0.617. The highest BCUT2D eigenvalue weighted by Crippen LogP contribution is 2.25. The maximum Gasteiger partial charge on any atom is 0.103 e. The van der Waals surface area contributed by atoms with Gasteiger partial charge in [0.2, 0.25) is 0 Å². The van der Waals surface area contributed by atoms with Crippen molar-refractivity contribution in [1.82, 2.24) is 4.98 Å². The van der Waals surface area contributed by atoms with Crippen molar-refractivity contribution in [3.05, 3.63) is 36.0 Å². The van der Waals surface area contributed by atoms with Crippen LogP contribution < -0.4 is 5.32 Å². The molecular weight excluding hydrogens is 258 g/mol. The fraction of sp³-hybridized carbons (Fsp3) is 0.444. The second-order valence-electron chi connectivity index (χ2n) is 5.37. The molecule has 0 amide bonds. The molecule has 2 rings (SSSR count). The van der Waals surface area contributed by atoms with Gasteiger partial charge < -0.3 is 5.32 Å². The van der Waals surface area contributed by atoms with Crippen LogP contribution in [0.4, 0.5) is 5.69 Å². The van der Waals surface area contributed by atoms with Gasteiger partial charge in [0.25, 0.3) is 0 Å². The molecule has 0 saturated heterocycles. The lowest BCUT2D eigenvalue weighted by Gasteiger charge is -2.11. The van der Waals surface area contributed by atoms with Crippen LogP contribution in [0.3, 0.4) is 0 Å². The van der Waals surface area contributed by atoms with Crippen LogP contribution in [0.5, 0.6) is 0 Å². The van der Waals surface area contributed by atoms with Crippen LogP contribution in [0, 0.1) is 11.3 Å². The predicted molar refractivity (Wildman–Crippen MR) is 88.3 cm³/mol. The average Bonchev–Trinajstić information content (AvgIpc) is 2.54. The predicted octanol–water partition coefficient (Wildman–Crippen LogP) is 4.88. The Hall–Kier alpha value is -2.08. The van der Waals surface area contributed by atoms with E-state index in [1.54, 1.807) is 6.20 Å². The summed E-state index contributed by atoms with van der Waals surface area (Å²) in [5.41, 5.74) is 2.48. The molecule has 1 aromatic carbocycles. The molecule has 0 fully saturated rings. The molecule has 0 bridgehead atoms. The van der Waals surface area contributed by atoms with Gasteiger partial charge in [-0.05, 0) is 12.5 Å². The van der Waals surface area contributed by atoms with Crippen LogP contribution in [0.1, 0.15) is 51.0 Å². The van der Waals surface area contributed by atoms with Gasteiger partial charge in [0.15, 0.2) is 0 Å². The highest BCUT2D eigenvalue weighted by atomic mass is 14.9. The molecular formula is C18H23N3. The summed E-state index contributed by atoms with van der Waals surface area (Å²) in [4.78, 5) is 4.33. The Morgan fingerprint density at radius 2 is 1.86 bits per heavy atom. The number of hydrogen-bond acceptors (Lipinski definition) is 3. The molecule has 1 heterocycles. The molecule has 0 atom stereocenters. The maximum atomic E-state index is 9.25. The summed E-state index contributed by atoms with van der Waals surface area (Å²) in [5, 5.41) is 13.7. The first kappa shape index (κ1) is 15.3. The highest BCUT2D eigenvalue weighted by molar-refractivity contribution is 5.93. The minimum atomic E-state index is 0.625. The number of benzene rings is 1. The van der Waals surface area contributed by atoms with Crippen LogP contribution in [-0.4, -0.2) is 11.5 Å². The van der Waals surface area contributed by atoms with E-state index in [0.29, 0.717) is 5.56 Å². The molecule has 0 radical (unpaired) electrons. The Labute approximate surface area is 127 Å². The molecule has 0 unspecified atom stereocenters. The monoisotopic (exact) mass is 281 g/mol. The van der Waals surface area contributed by atoms with E-state index in [4.69, 9.17) is 0 Å². The Morgan fingerprint density at radius 3 is 2.67 bits per heavy atom. The highest BCUT2D eigenvalue weighted by Gasteiger charge is 2.07. The van der Waals surface area contributed by atoms with Crippen molar-refractivity contribution < 1.29 is 0 Å². The van der Waals surface area contributed by atoms with Gasteiger partial charge in [0.1, 0.15) is 6.07 Å². The molecule has 3 heteroatoms. The third-order valence-corrected chi connectivity index (χ3v) is 3.73. The van der Waals surface area contributed by atoms with Gasteiger partial charge in [-0.1, -0.05) is 57.2 Å². The molecule has 3 nitrogen and oxygen atoms in total. The van der Waals surface area contributed by atoms with Gasteiger partial charge in [0, 0.05) is 18.1 Å². The normalized spacial score (nSPS) is 10.5. The van der Waals surface area contributed by atoms with Crippen molar-refractivity contribution >= 4 is 16.6 Å². The number of unbranched alkanes of at least 4 members (excludes halogenated alkanes) is 5. The molecule has 21 heavy (non-hydrogen) atoms.